The van der Waals surface area contributed by atoms with Crippen LogP contribution in [0.25, 0.3) is 0 Å². The van der Waals surface area contributed by atoms with Crippen molar-refractivity contribution in [3.63, 3.8) is 0 Å². The summed E-state index contributed by atoms with van der Waals surface area (Å²) in [6.45, 7) is 5.84. The fourth-order valence-electron chi connectivity index (χ4n) is 3.09. The molecule has 0 aliphatic carbocycles. The Labute approximate surface area is 119 Å². The Morgan fingerprint density at radius 1 is 1.50 bits per heavy atom. The van der Waals surface area contributed by atoms with Gasteiger partial charge in [0.15, 0.2) is 0 Å². The first-order valence-electron chi connectivity index (χ1n) is 7.24. The van der Waals surface area contributed by atoms with E-state index in [4.69, 9.17) is 10.2 Å². The average Bonchev–Trinajstić information content (AvgIpc) is 2.78. The molecule has 20 heavy (non-hydrogen) atoms. The van der Waals surface area contributed by atoms with Crippen LogP contribution in [0.4, 0.5) is 5.88 Å². The maximum absolute atomic E-state index is 10.8. The highest BCUT2D eigenvalue weighted by Gasteiger charge is 2.34. The predicted molar refractivity (Wildman–Crippen MR) is 76.3 cm³/mol. The van der Waals surface area contributed by atoms with Crippen LogP contribution < -0.4 is 5.73 Å². The van der Waals surface area contributed by atoms with Gasteiger partial charge in [-0.3, -0.25) is 15.0 Å². The average molecular weight is 281 g/mol. The first kappa shape index (κ1) is 15.0. The fraction of sp³-hybridized carbons (Fsp3) is 0.714. The Hall–Kier alpha value is -1.40. The Morgan fingerprint density at radius 2 is 2.25 bits per heavy atom. The molecule has 2 N–H and O–H groups in total. The molecular formula is C14H23N3O3. The highest BCUT2D eigenvalue weighted by atomic mass is 16.6. The number of hydrogen-bond acceptors (Lipinski definition) is 5. The Kier molecular flexibility index (Phi) is 4.77. The molecule has 2 rings (SSSR count). The van der Waals surface area contributed by atoms with Crippen LogP contribution in [0.15, 0.2) is 16.5 Å². The van der Waals surface area contributed by atoms with E-state index in [-0.39, 0.29) is 17.8 Å². The van der Waals surface area contributed by atoms with Crippen LogP contribution in [0.1, 0.15) is 44.9 Å². The highest BCUT2D eigenvalue weighted by molar-refractivity contribution is 5.21. The lowest BCUT2D eigenvalue weighted by Gasteiger charge is -2.35. The minimum absolute atomic E-state index is 0.0381. The second-order valence-corrected chi connectivity index (χ2v) is 5.70. The van der Waals surface area contributed by atoms with Crippen LogP contribution in [0.5, 0.6) is 0 Å². The van der Waals surface area contributed by atoms with E-state index in [1.165, 1.54) is 6.07 Å². The zero-order valence-electron chi connectivity index (χ0n) is 12.1. The van der Waals surface area contributed by atoms with Crippen molar-refractivity contribution in [3.8, 4) is 0 Å². The maximum atomic E-state index is 10.8. The Morgan fingerprint density at radius 3 is 2.80 bits per heavy atom. The van der Waals surface area contributed by atoms with Gasteiger partial charge in [-0.2, -0.15) is 0 Å². The van der Waals surface area contributed by atoms with Gasteiger partial charge in [-0.25, -0.2) is 0 Å². The molecule has 112 valence electrons. The summed E-state index contributed by atoms with van der Waals surface area (Å²) in [5.41, 5.74) is 5.93. The van der Waals surface area contributed by atoms with Gasteiger partial charge >= 0.3 is 5.88 Å². The van der Waals surface area contributed by atoms with Crippen LogP contribution in [0, 0.1) is 16.0 Å². The minimum Gasteiger partial charge on any atom is -0.404 e. The van der Waals surface area contributed by atoms with E-state index < -0.39 is 4.92 Å². The number of nitrogens with two attached hydrogens (primary N) is 1. The van der Waals surface area contributed by atoms with Crippen LogP contribution in [-0.2, 0) is 0 Å². The number of nitro groups is 1. The van der Waals surface area contributed by atoms with Gasteiger partial charge in [-0.05, 0) is 51.8 Å². The molecule has 0 aromatic carbocycles. The zero-order chi connectivity index (χ0) is 14.7. The van der Waals surface area contributed by atoms with Crippen molar-refractivity contribution in [2.75, 3.05) is 13.1 Å². The quantitative estimate of drug-likeness (QED) is 0.677. The lowest BCUT2D eigenvalue weighted by Crippen LogP contribution is -2.39. The summed E-state index contributed by atoms with van der Waals surface area (Å²) in [5, 5.41) is 10.8. The monoisotopic (exact) mass is 281 g/mol. The molecule has 1 saturated heterocycles. The van der Waals surface area contributed by atoms with Crippen molar-refractivity contribution in [2.45, 2.75) is 45.2 Å². The summed E-state index contributed by atoms with van der Waals surface area (Å²) >= 11 is 0. The molecule has 0 radical (unpaired) electrons. The predicted octanol–water partition coefficient (Wildman–Crippen LogP) is 2.70. The molecule has 2 heterocycles. The molecule has 2 atom stereocenters. The van der Waals surface area contributed by atoms with Gasteiger partial charge in [-0.1, -0.05) is 6.42 Å². The largest absolute Gasteiger partial charge is 0.433 e. The van der Waals surface area contributed by atoms with E-state index in [0.29, 0.717) is 18.3 Å². The third-order valence-electron chi connectivity index (χ3n) is 4.10. The van der Waals surface area contributed by atoms with Gasteiger partial charge in [0, 0.05) is 6.04 Å². The van der Waals surface area contributed by atoms with Gasteiger partial charge < -0.3 is 10.2 Å². The van der Waals surface area contributed by atoms with Gasteiger partial charge in [-0.15, -0.1) is 0 Å². The second-order valence-electron chi connectivity index (χ2n) is 5.70. The molecular weight excluding hydrogens is 258 g/mol. The molecule has 0 amide bonds. The third-order valence-corrected chi connectivity index (χ3v) is 4.10. The molecule has 0 spiro atoms. The van der Waals surface area contributed by atoms with Crippen LogP contribution in [-0.4, -0.2) is 29.0 Å². The topological polar surface area (TPSA) is 85.5 Å². The summed E-state index contributed by atoms with van der Waals surface area (Å²) in [6.07, 6.45) is 3.32. The fourth-order valence-corrected chi connectivity index (χ4v) is 3.09. The third kappa shape index (κ3) is 3.02. The zero-order valence-corrected chi connectivity index (χ0v) is 12.1. The highest BCUT2D eigenvalue weighted by Crippen LogP contribution is 2.37. The SMILES string of the molecule is CC(C)N1CCCCC(CN)C1c1ccc([N+](=O)[O-])o1. The lowest BCUT2D eigenvalue weighted by molar-refractivity contribution is -0.402. The summed E-state index contributed by atoms with van der Waals surface area (Å²) in [7, 11) is 0. The van der Waals surface area contributed by atoms with Gasteiger partial charge in [0.25, 0.3) is 0 Å². The van der Waals surface area contributed by atoms with Crippen LogP contribution >= 0.6 is 0 Å². The van der Waals surface area contributed by atoms with E-state index in [1.54, 1.807) is 6.07 Å². The normalized spacial score (nSPS) is 24.8. The molecule has 1 aliphatic rings. The number of furan rings is 1. The summed E-state index contributed by atoms with van der Waals surface area (Å²) in [4.78, 5) is 12.7. The molecule has 0 bridgehead atoms. The molecule has 0 saturated carbocycles. The first-order valence-corrected chi connectivity index (χ1v) is 7.24. The van der Waals surface area contributed by atoms with E-state index in [1.807, 2.05) is 0 Å². The van der Waals surface area contributed by atoms with Crippen LogP contribution in [0.2, 0.25) is 0 Å². The number of likely N-dealkylation sites (tertiary alicyclic amines) is 1. The summed E-state index contributed by atoms with van der Waals surface area (Å²) < 4.78 is 5.46. The van der Waals surface area contributed by atoms with Crippen LogP contribution in [0.3, 0.4) is 0 Å². The van der Waals surface area contributed by atoms with E-state index >= 15 is 0 Å². The molecule has 1 aromatic heterocycles. The van der Waals surface area contributed by atoms with Gasteiger partial charge in [0.1, 0.15) is 10.7 Å². The number of nitrogens with zero attached hydrogens (tertiary/aromatic N) is 2. The summed E-state index contributed by atoms with van der Waals surface area (Å²) in [5.74, 6) is 0.761. The summed E-state index contributed by atoms with van der Waals surface area (Å²) in [6, 6.07) is 3.56. The molecule has 1 fully saturated rings. The second kappa shape index (κ2) is 6.37. The van der Waals surface area contributed by atoms with Crippen molar-refractivity contribution < 1.29 is 9.34 Å². The Balaban J connectivity index is 2.35. The van der Waals surface area contributed by atoms with Crippen molar-refractivity contribution in [1.82, 2.24) is 4.90 Å². The van der Waals surface area contributed by atoms with Gasteiger partial charge in [0.2, 0.25) is 0 Å². The maximum Gasteiger partial charge on any atom is 0.433 e. The lowest BCUT2D eigenvalue weighted by atomic mass is 9.92. The van der Waals surface area contributed by atoms with E-state index in [9.17, 15) is 10.1 Å². The number of hydrogen-bond donors (Lipinski definition) is 1. The van der Waals surface area contributed by atoms with E-state index in [0.717, 1.165) is 25.8 Å². The molecule has 1 aromatic rings. The standard InChI is InChI=1S/C14H23N3O3/c1-10(2)16-8-4-3-5-11(9-15)14(16)12-6-7-13(20-12)17(18)19/h6-7,10-11,14H,3-5,8-9,15H2,1-2H3. The van der Waals surface area contributed by atoms with Crippen molar-refractivity contribution in [3.05, 3.63) is 28.0 Å². The molecule has 6 nitrogen and oxygen atoms in total. The molecule has 6 heteroatoms. The van der Waals surface area contributed by atoms with E-state index in [2.05, 4.69) is 18.7 Å². The first-order chi connectivity index (χ1) is 9.54. The molecule has 2 unspecified atom stereocenters. The van der Waals surface area contributed by atoms with Crippen molar-refractivity contribution >= 4 is 5.88 Å². The van der Waals surface area contributed by atoms with Crippen molar-refractivity contribution in [2.24, 2.45) is 11.7 Å². The van der Waals surface area contributed by atoms with Gasteiger partial charge in [0.05, 0.1) is 12.1 Å². The molecule has 1 aliphatic heterocycles. The number of rotatable bonds is 4. The Bertz CT molecular complexity index is 458. The smallest absolute Gasteiger partial charge is 0.404 e. The minimum atomic E-state index is -0.489. The van der Waals surface area contributed by atoms with Crippen molar-refractivity contribution in [1.29, 1.82) is 0 Å².